The summed E-state index contributed by atoms with van der Waals surface area (Å²) in [5.41, 5.74) is 3.34. The fourth-order valence-electron chi connectivity index (χ4n) is 1.60. The van der Waals surface area contributed by atoms with Crippen LogP contribution in [0.5, 0.6) is 5.88 Å². The number of ether oxygens (including phenoxy) is 1. The van der Waals surface area contributed by atoms with Crippen LogP contribution < -0.4 is 10.5 Å². The number of aromatic nitrogens is 2. The molecule has 0 saturated heterocycles. The number of nitrogens with two attached hydrogens (primary N) is 1. The van der Waals surface area contributed by atoms with E-state index in [9.17, 15) is 18.0 Å². The average molecular weight is 376 g/mol. The maximum atomic E-state index is 12.9. The molecule has 0 fully saturated rings. The summed E-state index contributed by atoms with van der Waals surface area (Å²) in [6.07, 6.45) is -3.30. The predicted molar refractivity (Wildman–Crippen MR) is 74.0 cm³/mol. The Bertz CT molecular complexity index is 693. The minimum absolute atomic E-state index is 0.0698. The Labute approximate surface area is 131 Å². The number of halogens is 4. The van der Waals surface area contributed by atoms with Crippen molar-refractivity contribution in [3.8, 4) is 5.88 Å². The highest BCUT2D eigenvalue weighted by molar-refractivity contribution is 9.10. The Hall–Kier alpha value is -2.16. The molecule has 0 unspecified atom stereocenters. The quantitative estimate of drug-likeness (QED) is 0.890. The van der Waals surface area contributed by atoms with Crippen molar-refractivity contribution >= 4 is 21.8 Å². The van der Waals surface area contributed by atoms with E-state index in [1.54, 1.807) is 18.2 Å². The number of pyridine rings is 2. The van der Waals surface area contributed by atoms with Crippen LogP contribution >= 0.6 is 15.9 Å². The van der Waals surface area contributed by atoms with Crippen molar-refractivity contribution < 1.29 is 22.7 Å². The summed E-state index contributed by atoms with van der Waals surface area (Å²) in [5.74, 6) is -1.53. The van der Waals surface area contributed by atoms with E-state index in [0.717, 1.165) is 6.07 Å². The van der Waals surface area contributed by atoms with E-state index in [2.05, 4.69) is 25.9 Å². The first-order chi connectivity index (χ1) is 10.3. The second kappa shape index (κ2) is 6.30. The minimum Gasteiger partial charge on any atom is -0.470 e. The van der Waals surface area contributed by atoms with Crippen molar-refractivity contribution in [2.45, 2.75) is 12.8 Å². The van der Waals surface area contributed by atoms with Crippen LogP contribution in [-0.4, -0.2) is 15.9 Å². The van der Waals surface area contributed by atoms with E-state index >= 15 is 0 Å². The van der Waals surface area contributed by atoms with Gasteiger partial charge in [0.05, 0.1) is 15.7 Å². The van der Waals surface area contributed by atoms with Crippen LogP contribution in [0.4, 0.5) is 13.2 Å². The van der Waals surface area contributed by atoms with Crippen LogP contribution in [0.1, 0.15) is 21.7 Å². The second-order valence-corrected chi connectivity index (χ2v) is 5.00. The third kappa shape index (κ3) is 3.73. The van der Waals surface area contributed by atoms with Crippen molar-refractivity contribution in [3.05, 3.63) is 51.9 Å². The second-order valence-electron chi connectivity index (χ2n) is 4.14. The van der Waals surface area contributed by atoms with Crippen molar-refractivity contribution in [1.29, 1.82) is 0 Å². The molecule has 22 heavy (non-hydrogen) atoms. The Morgan fingerprint density at radius 1 is 1.36 bits per heavy atom. The maximum absolute atomic E-state index is 12.9. The fourth-order valence-corrected chi connectivity index (χ4v) is 2.03. The van der Waals surface area contributed by atoms with Gasteiger partial charge in [-0.05, 0) is 34.1 Å². The van der Waals surface area contributed by atoms with Gasteiger partial charge in [0.1, 0.15) is 6.61 Å². The molecule has 0 saturated carbocycles. The molecule has 2 heterocycles. The van der Waals surface area contributed by atoms with Gasteiger partial charge in [0.25, 0.3) is 5.91 Å². The SMILES string of the molecule is NC(=O)c1cc(Br)c(OCc2ccccn2)nc1C(F)(F)F. The molecule has 5 nitrogen and oxygen atoms in total. The monoisotopic (exact) mass is 375 g/mol. The van der Waals surface area contributed by atoms with Crippen molar-refractivity contribution in [2.75, 3.05) is 0 Å². The van der Waals surface area contributed by atoms with E-state index in [-0.39, 0.29) is 17.0 Å². The van der Waals surface area contributed by atoms with Gasteiger partial charge in [-0.15, -0.1) is 0 Å². The zero-order valence-electron chi connectivity index (χ0n) is 10.9. The van der Waals surface area contributed by atoms with Gasteiger partial charge >= 0.3 is 6.18 Å². The minimum atomic E-state index is -4.83. The van der Waals surface area contributed by atoms with Crippen molar-refractivity contribution in [3.63, 3.8) is 0 Å². The number of hydrogen-bond acceptors (Lipinski definition) is 4. The predicted octanol–water partition coefficient (Wildman–Crippen LogP) is 2.94. The molecule has 0 aliphatic carbocycles. The molecule has 1 amide bonds. The molecule has 0 aliphatic heterocycles. The summed E-state index contributed by atoms with van der Waals surface area (Å²) in [7, 11) is 0. The number of alkyl halides is 3. The molecule has 0 aromatic carbocycles. The Balaban J connectivity index is 2.34. The molecule has 9 heteroatoms. The average Bonchev–Trinajstić information content (AvgIpc) is 2.45. The number of primary amides is 1. The number of rotatable bonds is 4. The van der Waals surface area contributed by atoms with Crippen LogP contribution in [-0.2, 0) is 12.8 Å². The number of carbonyl (C=O) groups excluding carboxylic acids is 1. The van der Waals surface area contributed by atoms with Gasteiger partial charge in [-0.1, -0.05) is 6.07 Å². The summed E-state index contributed by atoms with van der Waals surface area (Å²) < 4.78 is 44.1. The first-order valence-electron chi connectivity index (χ1n) is 5.89. The normalized spacial score (nSPS) is 11.3. The molecular formula is C13H9BrF3N3O2. The van der Waals surface area contributed by atoms with Gasteiger partial charge in [-0.3, -0.25) is 9.78 Å². The molecule has 2 aromatic rings. The molecule has 0 spiro atoms. The molecule has 0 atom stereocenters. The summed E-state index contributed by atoms with van der Waals surface area (Å²) in [5, 5.41) is 0. The third-order valence-corrected chi connectivity index (χ3v) is 3.13. The van der Waals surface area contributed by atoms with E-state index in [0.29, 0.717) is 5.69 Å². The van der Waals surface area contributed by atoms with E-state index in [1.165, 1.54) is 6.20 Å². The van der Waals surface area contributed by atoms with Gasteiger partial charge in [0.15, 0.2) is 5.69 Å². The summed E-state index contributed by atoms with van der Waals surface area (Å²) in [4.78, 5) is 18.5. The lowest BCUT2D eigenvalue weighted by molar-refractivity contribution is -0.141. The molecule has 116 valence electrons. The highest BCUT2D eigenvalue weighted by Gasteiger charge is 2.38. The van der Waals surface area contributed by atoms with Gasteiger partial charge in [0, 0.05) is 6.20 Å². The van der Waals surface area contributed by atoms with E-state index < -0.39 is 23.3 Å². The van der Waals surface area contributed by atoms with Gasteiger partial charge in [-0.2, -0.15) is 13.2 Å². The number of carbonyl (C=O) groups is 1. The summed E-state index contributed by atoms with van der Waals surface area (Å²) in [6.45, 7) is -0.0698. The molecule has 0 bridgehead atoms. The van der Waals surface area contributed by atoms with E-state index in [1.807, 2.05) is 0 Å². The molecule has 2 aromatic heterocycles. The number of amides is 1. The van der Waals surface area contributed by atoms with Gasteiger partial charge in [0.2, 0.25) is 5.88 Å². The first-order valence-corrected chi connectivity index (χ1v) is 6.68. The molecule has 0 radical (unpaired) electrons. The maximum Gasteiger partial charge on any atom is 0.434 e. The van der Waals surface area contributed by atoms with Crippen LogP contribution in [0.3, 0.4) is 0 Å². The fraction of sp³-hybridized carbons (Fsp3) is 0.154. The number of nitrogens with zero attached hydrogens (tertiary/aromatic N) is 2. The smallest absolute Gasteiger partial charge is 0.434 e. The standard InChI is InChI=1S/C13H9BrF3N3O2/c14-9-5-8(11(18)21)10(13(15,16)17)20-12(9)22-6-7-3-1-2-4-19-7/h1-5H,6H2,(H2,18,21). The zero-order chi connectivity index (χ0) is 16.3. The van der Waals surface area contributed by atoms with Crippen LogP contribution in [0.25, 0.3) is 0 Å². The topological polar surface area (TPSA) is 78.1 Å². The summed E-state index contributed by atoms with van der Waals surface area (Å²) in [6, 6.07) is 5.99. The molecule has 2 rings (SSSR count). The lowest BCUT2D eigenvalue weighted by Gasteiger charge is -2.13. The van der Waals surface area contributed by atoms with E-state index in [4.69, 9.17) is 10.5 Å². The molecule has 2 N–H and O–H groups in total. The Morgan fingerprint density at radius 2 is 2.09 bits per heavy atom. The number of hydrogen-bond donors (Lipinski definition) is 1. The van der Waals surface area contributed by atoms with Crippen molar-refractivity contribution in [1.82, 2.24) is 9.97 Å². The first kappa shape index (κ1) is 16.2. The van der Waals surface area contributed by atoms with Gasteiger partial charge in [-0.25, -0.2) is 4.98 Å². The molecule has 0 aliphatic rings. The largest absolute Gasteiger partial charge is 0.470 e. The highest BCUT2D eigenvalue weighted by Crippen LogP contribution is 2.35. The lowest BCUT2D eigenvalue weighted by Crippen LogP contribution is -2.21. The Kier molecular flexibility index (Phi) is 4.65. The molecular weight excluding hydrogens is 367 g/mol. The highest BCUT2D eigenvalue weighted by atomic mass is 79.9. The van der Waals surface area contributed by atoms with Crippen molar-refractivity contribution in [2.24, 2.45) is 5.73 Å². The Morgan fingerprint density at radius 3 is 2.64 bits per heavy atom. The third-order valence-electron chi connectivity index (χ3n) is 2.56. The zero-order valence-corrected chi connectivity index (χ0v) is 12.5. The van der Waals surface area contributed by atoms with Gasteiger partial charge < -0.3 is 10.5 Å². The van der Waals surface area contributed by atoms with Crippen LogP contribution in [0.2, 0.25) is 0 Å². The lowest BCUT2D eigenvalue weighted by atomic mass is 10.2. The van der Waals surface area contributed by atoms with Crippen LogP contribution in [0, 0.1) is 0 Å². The summed E-state index contributed by atoms with van der Waals surface area (Å²) >= 11 is 3.01. The van der Waals surface area contributed by atoms with Crippen LogP contribution in [0.15, 0.2) is 34.9 Å².